The van der Waals surface area contributed by atoms with Crippen LogP contribution in [-0.4, -0.2) is 48.9 Å². The minimum Gasteiger partial charge on any atom is -0.347 e. The zero-order valence-electron chi connectivity index (χ0n) is 15.8. The second-order valence-corrected chi connectivity index (χ2v) is 9.20. The molecule has 8 heteroatoms. The van der Waals surface area contributed by atoms with E-state index in [1.807, 2.05) is 31.2 Å². The number of anilines is 1. The third kappa shape index (κ3) is 4.63. The van der Waals surface area contributed by atoms with Gasteiger partial charge in [-0.3, -0.25) is 4.79 Å². The predicted molar refractivity (Wildman–Crippen MR) is 105 cm³/mol. The van der Waals surface area contributed by atoms with Gasteiger partial charge in [-0.1, -0.05) is 24.3 Å². The van der Waals surface area contributed by atoms with Crippen LogP contribution >= 0.6 is 0 Å². The molecular formula is C19H24N4O3S. The number of nitrogens with zero attached hydrogens (tertiary/aromatic N) is 3. The Morgan fingerprint density at radius 2 is 2.00 bits per heavy atom. The summed E-state index contributed by atoms with van der Waals surface area (Å²) in [6, 6.07) is 9.33. The predicted octanol–water partition coefficient (Wildman–Crippen LogP) is 1.65. The zero-order valence-corrected chi connectivity index (χ0v) is 16.6. The molecule has 3 rings (SSSR count). The van der Waals surface area contributed by atoms with Crippen molar-refractivity contribution in [3.05, 3.63) is 52.8 Å². The molecule has 2 heterocycles. The monoisotopic (exact) mass is 388 g/mol. The summed E-state index contributed by atoms with van der Waals surface area (Å²) < 4.78 is 23.5. The largest absolute Gasteiger partial charge is 0.347 e. The highest BCUT2D eigenvalue weighted by Gasteiger charge is 2.32. The first kappa shape index (κ1) is 19.3. The van der Waals surface area contributed by atoms with Crippen molar-refractivity contribution < 1.29 is 13.2 Å². The molecule has 144 valence electrons. The summed E-state index contributed by atoms with van der Waals surface area (Å²) in [4.78, 5) is 23.1. The highest BCUT2D eigenvalue weighted by atomic mass is 32.2. The fraction of sp³-hybridized carbons (Fsp3) is 0.421. The molecule has 1 unspecified atom stereocenters. The maximum absolute atomic E-state index is 12.6. The van der Waals surface area contributed by atoms with Crippen molar-refractivity contribution in [3.63, 3.8) is 0 Å². The number of aromatic nitrogens is 2. The van der Waals surface area contributed by atoms with Gasteiger partial charge in [-0.2, -0.15) is 0 Å². The number of hydrogen-bond acceptors (Lipinski definition) is 6. The summed E-state index contributed by atoms with van der Waals surface area (Å²) in [6.07, 6.45) is 0.547. The van der Waals surface area contributed by atoms with E-state index >= 15 is 0 Å². The van der Waals surface area contributed by atoms with Crippen LogP contribution in [-0.2, 0) is 16.4 Å². The summed E-state index contributed by atoms with van der Waals surface area (Å²) in [5.41, 5.74) is 3.09. The van der Waals surface area contributed by atoms with Crippen LogP contribution in [0.4, 0.5) is 5.95 Å². The minimum absolute atomic E-state index is 0.0929. The van der Waals surface area contributed by atoms with Crippen LogP contribution in [0.2, 0.25) is 0 Å². The van der Waals surface area contributed by atoms with E-state index in [4.69, 9.17) is 0 Å². The lowest BCUT2D eigenvalue weighted by Gasteiger charge is -2.23. The first-order chi connectivity index (χ1) is 12.7. The molecule has 1 fully saturated rings. The fourth-order valence-corrected chi connectivity index (χ4v) is 4.92. The van der Waals surface area contributed by atoms with Gasteiger partial charge >= 0.3 is 0 Å². The summed E-state index contributed by atoms with van der Waals surface area (Å²) in [5, 5.41) is 2.89. The Morgan fingerprint density at radius 1 is 1.26 bits per heavy atom. The molecule has 0 bridgehead atoms. The van der Waals surface area contributed by atoms with E-state index in [1.165, 1.54) is 0 Å². The zero-order chi connectivity index (χ0) is 19.6. The van der Waals surface area contributed by atoms with E-state index in [1.54, 1.807) is 24.9 Å². The molecule has 1 saturated heterocycles. The molecule has 7 nitrogen and oxygen atoms in total. The highest BCUT2D eigenvalue weighted by Crippen LogP contribution is 2.21. The third-order valence-electron chi connectivity index (χ3n) is 4.85. The molecule has 1 aromatic heterocycles. The van der Waals surface area contributed by atoms with Gasteiger partial charge in [0.2, 0.25) is 5.95 Å². The van der Waals surface area contributed by atoms with E-state index in [9.17, 15) is 13.2 Å². The maximum atomic E-state index is 12.6. The summed E-state index contributed by atoms with van der Waals surface area (Å²) in [7, 11) is -1.23. The van der Waals surface area contributed by atoms with Crippen LogP contribution in [0.5, 0.6) is 0 Å². The average Bonchev–Trinajstić information content (AvgIpc) is 2.99. The minimum atomic E-state index is -3.00. The number of hydrogen-bond donors (Lipinski definition) is 1. The number of aryl methyl sites for hydroxylation is 2. The van der Waals surface area contributed by atoms with Crippen LogP contribution in [0.3, 0.4) is 0 Å². The van der Waals surface area contributed by atoms with Crippen molar-refractivity contribution in [1.82, 2.24) is 15.3 Å². The van der Waals surface area contributed by atoms with Crippen molar-refractivity contribution in [2.75, 3.05) is 23.5 Å². The fourth-order valence-electron chi connectivity index (χ4n) is 3.15. The van der Waals surface area contributed by atoms with Crippen LogP contribution in [0.1, 0.15) is 33.7 Å². The molecule has 0 aliphatic carbocycles. The molecule has 0 saturated carbocycles. The molecule has 1 aliphatic heterocycles. The first-order valence-corrected chi connectivity index (χ1v) is 10.7. The van der Waals surface area contributed by atoms with E-state index in [2.05, 4.69) is 15.3 Å². The maximum Gasteiger partial charge on any atom is 0.270 e. The topological polar surface area (TPSA) is 92.3 Å². The SMILES string of the molecule is Cc1cc(C(=O)NCc2ccccc2C)nc(N(C)C2CCS(=O)(=O)C2)n1. The first-order valence-electron chi connectivity index (χ1n) is 8.87. The molecule has 1 aromatic carbocycles. The lowest BCUT2D eigenvalue weighted by Crippen LogP contribution is -2.34. The van der Waals surface area contributed by atoms with Crippen molar-refractivity contribution in [2.24, 2.45) is 0 Å². The third-order valence-corrected chi connectivity index (χ3v) is 6.60. The van der Waals surface area contributed by atoms with Crippen LogP contribution in [0, 0.1) is 13.8 Å². The van der Waals surface area contributed by atoms with Gasteiger partial charge in [0.1, 0.15) is 5.69 Å². The molecule has 2 aromatic rings. The average molecular weight is 388 g/mol. The van der Waals surface area contributed by atoms with Crippen LogP contribution in [0.25, 0.3) is 0 Å². The second kappa shape index (κ2) is 7.64. The van der Waals surface area contributed by atoms with Crippen LogP contribution < -0.4 is 10.2 Å². The number of sulfone groups is 1. The normalized spacial score (nSPS) is 18.3. The van der Waals surface area contributed by atoms with E-state index in [0.717, 1.165) is 11.1 Å². The number of benzene rings is 1. The number of nitrogens with one attached hydrogen (secondary N) is 1. The molecule has 1 atom stereocenters. The molecule has 0 radical (unpaired) electrons. The second-order valence-electron chi connectivity index (χ2n) is 6.97. The van der Waals surface area contributed by atoms with Crippen molar-refractivity contribution in [1.29, 1.82) is 0 Å². The lowest BCUT2D eigenvalue weighted by molar-refractivity contribution is 0.0945. The summed E-state index contributed by atoms with van der Waals surface area (Å²) >= 11 is 0. The van der Waals surface area contributed by atoms with Gasteiger partial charge in [0.05, 0.1) is 11.5 Å². The van der Waals surface area contributed by atoms with Gasteiger partial charge in [-0.25, -0.2) is 18.4 Å². The Hall–Kier alpha value is -2.48. The summed E-state index contributed by atoms with van der Waals surface area (Å²) in [6.45, 7) is 4.21. The van der Waals surface area contributed by atoms with Crippen molar-refractivity contribution >= 4 is 21.7 Å². The Bertz CT molecular complexity index is 959. The standard InChI is InChI=1S/C19H24N4O3S/c1-13-6-4-5-7-15(13)11-20-18(24)17-10-14(2)21-19(22-17)23(3)16-8-9-27(25,26)12-16/h4-7,10,16H,8-9,11-12H2,1-3H3,(H,20,24). The number of rotatable bonds is 5. The van der Waals surface area contributed by atoms with Gasteiger partial charge in [0, 0.05) is 25.3 Å². The smallest absolute Gasteiger partial charge is 0.270 e. The Morgan fingerprint density at radius 3 is 2.67 bits per heavy atom. The van der Waals surface area contributed by atoms with Gasteiger partial charge in [-0.15, -0.1) is 0 Å². The quantitative estimate of drug-likeness (QED) is 0.837. The number of carbonyl (C=O) groups excluding carboxylic acids is 1. The Balaban J connectivity index is 1.74. The van der Waals surface area contributed by atoms with Gasteiger partial charge in [0.25, 0.3) is 5.91 Å². The van der Waals surface area contributed by atoms with Gasteiger partial charge in [-0.05, 0) is 37.5 Å². The van der Waals surface area contributed by atoms with Gasteiger partial charge in [0.15, 0.2) is 9.84 Å². The molecule has 27 heavy (non-hydrogen) atoms. The Kier molecular flexibility index (Phi) is 5.46. The van der Waals surface area contributed by atoms with E-state index < -0.39 is 9.84 Å². The van der Waals surface area contributed by atoms with E-state index in [0.29, 0.717) is 24.6 Å². The molecule has 0 spiro atoms. The van der Waals surface area contributed by atoms with E-state index in [-0.39, 0.29) is 29.1 Å². The van der Waals surface area contributed by atoms with Crippen LogP contribution in [0.15, 0.2) is 30.3 Å². The van der Waals surface area contributed by atoms with Crippen molar-refractivity contribution in [3.8, 4) is 0 Å². The summed E-state index contributed by atoms with van der Waals surface area (Å²) in [5.74, 6) is 0.364. The van der Waals surface area contributed by atoms with Gasteiger partial charge < -0.3 is 10.2 Å². The molecule has 1 aliphatic rings. The molecular weight excluding hydrogens is 364 g/mol. The highest BCUT2D eigenvalue weighted by molar-refractivity contribution is 7.91. The lowest BCUT2D eigenvalue weighted by atomic mass is 10.1. The number of amides is 1. The molecule has 1 N–H and O–H groups in total. The molecule has 1 amide bonds. The van der Waals surface area contributed by atoms with Crippen molar-refractivity contribution in [2.45, 2.75) is 32.9 Å². The number of carbonyl (C=O) groups is 1. The Labute approximate surface area is 159 Å².